The second-order valence-electron chi connectivity index (χ2n) is 0.455. The lowest BCUT2D eigenvalue weighted by Crippen LogP contribution is -1.77. The van der Waals surface area contributed by atoms with E-state index in [1.807, 2.05) is 0 Å². The molecule has 0 saturated carbocycles. The molecule has 0 N–H and O–H groups in total. The largest absolute Gasteiger partial charge is 0.222 e. The van der Waals surface area contributed by atoms with Gasteiger partial charge in [0, 0.05) is 0 Å². The van der Waals surface area contributed by atoms with Crippen LogP contribution in [-0.2, 0) is 5.11 Å². The Morgan fingerprint density at radius 3 is 2.00 bits per heavy atom. The Balaban J connectivity index is 2.32. The highest BCUT2D eigenvalue weighted by molar-refractivity contribution is 7.80. The van der Waals surface area contributed by atoms with Gasteiger partial charge in [-0.15, -0.1) is 12.6 Å². The SMILES string of the molecule is [CH2]C([O])S. The molecule has 1 atom stereocenters. The fourth-order valence-corrected chi connectivity index (χ4v) is 0. The molecule has 0 saturated heterocycles. The molecule has 0 aromatic heterocycles. The molecule has 0 rings (SSSR count). The van der Waals surface area contributed by atoms with E-state index < -0.39 is 5.44 Å². The third-order valence-electron chi connectivity index (χ3n) is 0. The zero-order valence-electron chi connectivity index (χ0n) is 2.14. The van der Waals surface area contributed by atoms with Crippen LogP contribution in [-0.4, -0.2) is 5.44 Å². The predicted molar refractivity (Wildman–Crippen MR) is 18.8 cm³/mol. The van der Waals surface area contributed by atoms with Gasteiger partial charge < -0.3 is 0 Å². The van der Waals surface area contributed by atoms with Gasteiger partial charge in [-0.3, -0.25) is 0 Å². The quantitative estimate of drug-likeness (QED) is 0.320. The first-order valence-corrected chi connectivity index (χ1v) is 1.42. The first kappa shape index (κ1) is 4.31. The first-order chi connectivity index (χ1) is 1.73. The van der Waals surface area contributed by atoms with E-state index in [-0.39, 0.29) is 0 Å². The van der Waals surface area contributed by atoms with Gasteiger partial charge in [-0.05, 0) is 6.92 Å². The molecule has 0 amide bonds. The summed E-state index contributed by atoms with van der Waals surface area (Å²) in [5, 5.41) is 9.28. The molecule has 0 aliphatic rings. The van der Waals surface area contributed by atoms with Gasteiger partial charge in [0.05, 0.1) is 0 Å². The standard InChI is InChI=1S/C2H4OS/c1-2(3)4/h2,4H,1H2. The lowest BCUT2D eigenvalue weighted by molar-refractivity contribution is 0.203. The molecule has 0 aromatic rings. The van der Waals surface area contributed by atoms with Gasteiger partial charge >= 0.3 is 0 Å². The van der Waals surface area contributed by atoms with E-state index in [2.05, 4.69) is 19.6 Å². The normalized spacial score (nSPS) is 15.8. The van der Waals surface area contributed by atoms with Crippen LogP contribution in [0.3, 0.4) is 0 Å². The molecule has 2 heteroatoms. The number of thiol groups is 1. The van der Waals surface area contributed by atoms with Crippen LogP contribution in [0.25, 0.3) is 0 Å². The Hall–Kier alpha value is 0.310. The Bertz CT molecular complexity index is 10.8. The fraction of sp³-hybridized carbons (Fsp3) is 0.500. The van der Waals surface area contributed by atoms with Gasteiger partial charge in [0.2, 0.25) is 0 Å². The van der Waals surface area contributed by atoms with Gasteiger partial charge in [-0.2, -0.15) is 0 Å². The molecule has 4 heavy (non-hydrogen) atoms. The average Bonchev–Trinajstić information content (AvgIpc) is 0.811. The van der Waals surface area contributed by atoms with E-state index in [1.165, 1.54) is 0 Å². The molecule has 0 heterocycles. The summed E-state index contributed by atoms with van der Waals surface area (Å²) in [5.41, 5.74) is -0.972. The highest BCUT2D eigenvalue weighted by atomic mass is 32.1. The minimum atomic E-state index is -0.972. The van der Waals surface area contributed by atoms with Crippen LogP contribution in [0.4, 0.5) is 0 Å². The van der Waals surface area contributed by atoms with Crippen molar-refractivity contribution >= 4 is 12.6 Å². The van der Waals surface area contributed by atoms with Crippen molar-refractivity contribution in [3.05, 3.63) is 6.92 Å². The summed E-state index contributed by atoms with van der Waals surface area (Å²) in [4.78, 5) is 0. The summed E-state index contributed by atoms with van der Waals surface area (Å²) in [6.45, 7) is 2.95. The molecular formula is C2H4OS. The smallest absolute Gasteiger partial charge is 0.136 e. The Kier molecular flexibility index (Phi) is 1.74. The molecule has 0 aliphatic carbocycles. The highest BCUT2D eigenvalue weighted by Crippen LogP contribution is 1.79. The van der Waals surface area contributed by atoms with Crippen molar-refractivity contribution in [1.29, 1.82) is 0 Å². The van der Waals surface area contributed by atoms with Gasteiger partial charge in [0.15, 0.2) is 0 Å². The number of hydrogen-bond donors (Lipinski definition) is 1. The van der Waals surface area contributed by atoms with E-state index in [0.29, 0.717) is 0 Å². The molecule has 0 bridgehead atoms. The summed E-state index contributed by atoms with van der Waals surface area (Å²) in [6, 6.07) is 0. The van der Waals surface area contributed by atoms with Gasteiger partial charge in [-0.25, -0.2) is 5.11 Å². The van der Waals surface area contributed by atoms with E-state index in [1.54, 1.807) is 0 Å². The molecule has 2 radical (unpaired) electrons. The number of hydrogen-bond acceptors (Lipinski definition) is 1. The lowest BCUT2D eigenvalue weighted by atomic mass is 10.9. The minimum absolute atomic E-state index is 0.972. The lowest BCUT2D eigenvalue weighted by Gasteiger charge is -1.73. The topological polar surface area (TPSA) is 19.9 Å². The summed E-state index contributed by atoms with van der Waals surface area (Å²) in [6.07, 6.45) is 0. The van der Waals surface area contributed by atoms with Crippen LogP contribution in [0.5, 0.6) is 0 Å². The van der Waals surface area contributed by atoms with Crippen LogP contribution in [0.2, 0.25) is 0 Å². The Labute approximate surface area is 31.1 Å². The molecule has 1 nitrogen and oxygen atoms in total. The second-order valence-corrected chi connectivity index (χ2v) is 1.03. The van der Waals surface area contributed by atoms with E-state index in [9.17, 15) is 5.11 Å². The molecule has 0 aromatic carbocycles. The highest BCUT2D eigenvalue weighted by Gasteiger charge is 1.74. The zero-order chi connectivity index (χ0) is 3.58. The molecule has 24 valence electrons. The van der Waals surface area contributed by atoms with Crippen LogP contribution in [0.1, 0.15) is 0 Å². The fourth-order valence-electron chi connectivity index (χ4n) is 0. The Morgan fingerprint density at radius 2 is 2.00 bits per heavy atom. The van der Waals surface area contributed by atoms with Crippen LogP contribution in [0, 0.1) is 6.92 Å². The van der Waals surface area contributed by atoms with Crippen molar-refractivity contribution in [2.75, 3.05) is 0 Å². The third kappa shape index (κ3) is 41.3. The van der Waals surface area contributed by atoms with E-state index >= 15 is 0 Å². The first-order valence-electron chi connectivity index (χ1n) is 0.902. The summed E-state index contributed by atoms with van der Waals surface area (Å²) >= 11 is 3.30. The molecule has 0 fully saturated rings. The average molecular weight is 76.1 g/mol. The van der Waals surface area contributed by atoms with Gasteiger partial charge in [0.1, 0.15) is 5.44 Å². The van der Waals surface area contributed by atoms with Crippen molar-refractivity contribution in [3.63, 3.8) is 0 Å². The Morgan fingerprint density at radius 1 is 2.00 bits per heavy atom. The van der Waals surface area contributed by atoms with Crippen LogP contribution >= 0.6 is 12.6 Å². The van der Waals surface area contributed by atoms with Crippen molar-refractivity contribution < 1.29 is 5.11 Å². The summed E-state index contributed by atoms with van der Waals surface area (Å²) in [5.74, 6) is 0. The van der Waals surface area contributed by atoms with Crippen molar-refractivity contribution in [2.45, 2.75) is 5.44 Å². The predicted octanol–water partition coefficient (Wildman–Crippen LogP) is 0.507. The summed E-state index contributed by atoms with van der Waals surface area (Å²) < 4.78 is 0. The minimum Gasteiger partial charge on any atom is -0.222 e. The maximum absolute atomic E-state index is 9.28. The van der Waals surface area contributed by atoms with E-state index in [0.717, 1.165) is 0 Å². The molecule has 0 aliphatic heterocycles. The maximum Gasteiger partial charge on any atom is 0.136 e. The van der Waals surface area contributed by atoms with Crippen molar-refractivity contribution in [2.24, 2.45) is 0 Å². The maximum atomic E-state index is 9.28. The van der Waals surface area contributed by atoms with Gasteiger partial charge in [0.25, 0.3) is 0 Å². The molecule has 0 spiro atoms. The monoisotopic (exact) mass is 76.0 g/mol. The van der Waals surface area contributed by atoms with Crippen LogP contribution < -0.4 is 0 Å². The number of rotatable bonds is 0. The van der Waals surface area contributed by atoms with Crippen molar-refractivity contribution in [3.8, 4) is 0 Å². The van der Waals surface area contributed by atoms with Crippen LogP contribution in [0.15, 0.2) is 0 Å². The van der Waals surface area contributed by atoms with Gasteiger partial charge in [-0.1, -0.05) is 0 Å². The van der Waals surface area contributed by atoms with Crippen molar-refractivity contribution in [1.82, 2.24) is 0 Å². The third-order valence-corrected chi connectivity index (χ3v) is 0. The van der Waals surface area contributed by atoms with E-state index in [4.69, 9.17) is 0 Å². The summed E-state index contributed by atoms with van der Waals surface area (Å²) in [7, 11) is 0. The zero-order valence-corrected chi connectivity index (χ0v) is 3.03. The molecule has 1 unspecified atom stereocenters. The second kappa shape index (κ2) is 1.61. The molecular weight excluding hydrogens is 72.1 g/mol.